The van der Waals surface area contributed by atoms with Crippen molar-refractivity contribution in [2.45, 2.75) is 146 Å². The predicted octanol–water partition coefficient (Wildman–Crippen LogP) is 14.9. The van der Waals surface area contributed by atoms with Gasteiger partial charge in [-0.25, -0.2) is 19.9 Å². The molecule has 10 rings (SSSR count). The quantitative estimate of drug-likeness (QED) is 0.0397. The van der Waals surface area contributed by atoms with E-state index in [4.69, 9.17) is 43.6 Å². The number of methoxy groups -OCH3 is 4. The Hall–Kier alpha value is -9.26. The van der Waals surface area contributed by atoms with Crippen LogP contribution in [0.1, 0.15) is 202 Å². The van der Waals surface area contributed by atoms with Crippen molar-refractivity contribution in [3.63, 3.8) is 0 Å². The SMILES string of the molecule is C=CC1=C(C)c2cc3nc(cc4[nH]c(cc5[nH]c(cc1n2)c(C)c5C(C)OC(C)c1c(C)c2cc5[nH]c(cc6nc(cc7nc(cc1[nH]2)C(C)=C7CCC(=O)OC)C(CCC(=O)OC)=C6C)c(C)c5C(C)O)c(C)c4CCC(=O)OC)C(CCC(=O)OC)=C3C. The van der Waals surface area contributed by atoms with E-state index < -0.39 is 18.3 Å². The molecule has 6 aromatic heterocycles. The number of rotatable bonds is 18. The number of hydrogen-bond acceptors (Lipinski definition) is 14. The van der Waals surface area contributed by atoms with E-state index in [1.807, 2.05) is 90.9 Å². The van der Waals surface area contributed by atoms with Gasteiger partial charge in [0.05, 0.1) is 92.3 Å². The molecule has 4 aliphatic rings. The van der Waals surface area contributed by atoms with Gasteiger partial charge in [-0.15, -0.1) is 0 Å². The average molecular weight is 1220 g/mol. The van der Waals surface area contributed by atoms with Crippen molar-refractivity contribution >= 4 is 113 Å². The number of carbonyl (C=O) groups excluding carboxylic acids is 4. The molecule has 3 unspecified atom stereocenters. The second kappa shape index (κ2) is 26.1. The Morgan fingerprint density at radius 3 is 1.20 bits per heavy atom. The number of aryl methyl sites for hydroxylation is 5. The summed E-state index contributed by atoms with van der Waals surface area (Å²) in [5.74, 6) is -1.35. The van der Waals surface area contributed by atoms with Gasteiger partial charge in [-0.05, 0) is 217 Å². The molecule has 0 radical (unpaired) electrons. The van der Waals surface area contributed by atoms with Gasteiger partial charge < -0.3 is 48.7 Å². The van der Waals surface area contributed by atoms with Gasteiger partial charge in [-0.1, -0.05) is 12.7 Å². The second-order valence-corrected chi connectivity index (χ2v) is 23.7. The van der Waals surface area contributed by atoms with Crippen LogP contribution in [0.25, 0.3) is 88.7 Å². The summed E-state index contributed by atoms with van der Waals surface area (Å²) in [6.45, 7) is 26.3. The largest absolute Gasteiger partial charge is 0.469 e. The maximum absolute atomic E-state index is 12.8. The van der Waals surface area contributed by atoms with E-state index >= 15 is 0 Å². The third kappa shape index (κ3) is 12.3. The minimum atomic E-state index is -0.832. The molecule has 0 aromatic carbocycles. The molecule has 18 nitrogen and oxygen atoms in total. The van der Waals surface area contributed by atoms with Crippen molar-refractivity contribution in [1.82, 2.24) is 39.9 Å². The molecule has 0 fully saturated rings. The predicted molar refractivity (Wildman–Crippen MR) is 354 cm³/mol. The minimum Gasteiger partial charge on any atom is -0.469 e. The van der Waals surface area contributed by atoms with E-state index in [1.54, 1.807) is 6.92 Å². The van der Waals surface area contributed by atoms with Crippen LogP contribution in [-0.2, 0) is 49.3 Å². The highest BCUT2D eigenvalue weighted by molar-refractivity contribution is 6.00. The first-order valence-corrected chi connectivity index (χ1v) is 30.5. The number of fused-ring (bicyclic) bond motifs is 16. The molecule has 468 valence electrons. The third-order valence-electron chi connectivity index (χ3n) is 18.3. The zero-order valence-corrected chi connectivity index (χ0v) is 54.2. The van der Waals surface area contributed by atoms with Crippen molar-refractivity contribution in [3.05, 3.63) is 151 Å². The van der Waals surface area contributed by atoms with Gasteiger partial charge in [0.1, 0.15) is 0 Å². The summed E-state index contributed by atoms with van der Waals surface area (Å²) in [4.78, 5) is 86.7. The Kier molecular flexibility index (Phi) is 18.5. The minimum absolute atomic E-state index is 0.127. The van der Waals surface area contributed by atoms with E-state index in [0.29, 0.717) is 59.7 Å². The number of aliphatic hydroxyl groups excluding tert-OH is 1. The number of aromatic nitrogens is 8. The van der Waals surface area contributed by atoms with Crippen LogP contribution in [0.3, 0.4) is 0 Å². The Morgan fingerprint density at radius 1 is 0.422 bits per heavy atom. The van der Waals surface area contributed by atoms with E-state index in [1.165, 1.54) is 28.4 Å². The van der Waals surface area contributed by atoms with Gasteiger partial charge in [-0.2, -0.15) is 0 Å². The lowest BCUT2D eigenvalue weighted by Gasteiger charge is -2.20. The number of aromatic amines is 4. The lowest BCUT2D eigenvalue weighted by Crippen LogP contribution is -2.06. The number of ether oxygens (including phenoxy) is 5. The molecule has 10 heterocycles. The lowest BCUT2D eigenvalue weighted by molar-refractivity contribution is -0.141. The van der Waals surface area contributed by atoms with Crippen LogP contribution in [0.4, 0.5) is 0 Å². The summed E-state index contributed by atoms with van der Waals surface area (Å²) in [6, 6.07) is 16.1. The standard InChI is InChI=1S/C72H80N8O10/c1-17-45-34(2)50-26-51-35(3)46(18-22-66(82)86-13)59(74-51)32-61-48(20-24-68(84)88-15)37(5)53(76-61)29-64-71(40(8)56(79-64)28-58(45)73-50)43(11)90-44(12)72-41(9)57-31-63-70(42(10)81)39(7)55(78-63)27-52-36(4)47(19-23-67(83)87-14)60(75-52)33-62-49(21-25-69(85)89-16)38(6)54(77-62)30-65(72)80-57/h17,26-33,42-44,76,78-81H,1,18-25H2,2-16H3. The zero-order chi connectivity index (χ0) is 64.7. The fourth-order valence-electron chi connectivity index (χ4n) is 13.2. The van der Waals surface area contributed by atoms with E-state index in [-0.39, 0.29) is 49.6 Å². The molecule has 0 aliphatic carbocycles. The molecule has 0 amide bonds. The summed E-state index contributed by atoms with van der Waals surface area (Å²) in [6.07, 6.45) is 1.99. The van der Waals surface area contributed by atoms with Crippen LogP contribution in [0.5, 0.6) is 0 Å². The molecule has 3 atom stereocenters. The fourth-order valence-corrected chi connectivity index (χ4v) is 13.2. The van der Waals surface area contributed by atoms with E-state index in [9.17, 15) is 24.3 Å². The normalized spacial score (nSPS) is 14.3. The number of nitrogens with one attached hydrogen (secondary N) is 4. The van der Waals surface area contributed by atoms with E-state index in [2.05, 4.69) is 59.4 Å². The van der Waals surface area contributed by atoms with Gasteiger partial charge in [0, 0.05) is 92.1 Å². The van der Waals surface area contributed by atoms with Gasteiger partial charge in [0.15, 0.2) is 0 Å². The molecule has 0 saturated carbocycles. The lowest BCUT2D eigenvalue weighted by atomic mass is 9.98. The van der Waals surface area contributed by atoms with Gasteiger partial charge in [0.2, 0.25) is 0 Å². The Bertz CT molecular complexity index is 4500. The van der Waals surface area contributed by atoms with Crippen LogP contribution in [0, 0.1) is 27.7 Å². The van der Waals surface area contributed by atoms with Crippen LogP contribution >= 0.6 is 0 Å². The summed E-state index contributed by atoms with van der Waals surface area (Å²) < 4.78 is 27.8. The Morgan fingerprint density at radius 2 is 0.744 bits per heavy atom. The van der Waals surface area contributed by atoms with Gasteiger partial charge >= 0.3 is 23.9 Å². The fraction of sp³-hybridized carbons (Fsp3) is 0.361. The first-order chi connectivity index (χ1) is 43.0. The molecule has 6 aromatic rings. The highest BCUT2D eigenvalue weighted by Crippen LogP contribution is 2.43. The number of nitrogens with zero attached hydrogens (tertiary/aromatic N) is 4. The van der Waals surface area contributed by atoms with Crippen molar-refractivity contribution in [2.75, 3.05) is 28.4 Å². The molecule has 18 heteroatoms. The van der Waals surface area contributed by atoms with Crippen LogP contribution in [-0.4, -0.2) is 97.3 Å². The number of hydrogen-bond donors (Lipinski definition) is 5. The molecule has 4 aliphatic heterocycles. The summed E-state index contributed by atoms with van der Waals surface area (Å²) in [5.41, 5.74) is 26.0. The highest BCUT2D eigenvalue weighted by Gasteiger charge is 2.28. The van der Waals surface area contributed by atoms with Crippen molar-refractivity contribution < 1.29 is 48.0 Å². The zero-order valence-electron chi connectivity index (χ0n) is 54.2. The van der Waals surface area contributed by atoms with E-state index in [0.717, 1.165) is 145 Å². The molecule has 90 heavy (non-hydrogen) atoms. The molecular formula is C72H80N8O10. The number of esters is 4. The summed E-state index contributed by atoms with van der Waals surface area (Å²) >= 11 is 0. The van der Waals surface area contributed by atoms with Crippen molar-refractivity contribution in [1.29, 1.82) is 0 Å². The summed E-state index contributed by atoms with van der Waals surface area (Å²) in [5, 5.41) is 11.5. The Labute approximate surface area is 523 Å². The number of H-pyrrole nitrogens is 4. The Balaban J connectivity index is 1.19. The second-order valence-electron chi connectivity index (χ2n) is 23.7. The smallest absolute Gasteiger partial charge is 0.305 e. The molecule has 5 N–H and O–H groups in total. The van der Waals surface area contributed by atoms with Crippen LogP contribution in [0.15, 0.2) is 61.2 Å². The monoisotopic (exact) mass is 1220 g/mol. The third-order valence-corrected chi connectivity index (χ3v) is 18.3. The topological polar surface area (TPSA) is 249 Å². The highest BCUT2D eigenvalue weighted by atomic mass is 16.5. The number of aliphatic hydroxyl groups is 1. The number of allylic oxidation sites excluding steroid dienone is 9. The van der Waals surface area contributed by atoms with Crippen LogP contribution in [0.2, 0.25) is 0 Å². The van der Waals surface area contributed by atoms with Crippen molar-refractivity contribution in [3.8, 4) is 0 Å². The molecule has 0 spiro atoms. The van der Waals surface area contributed by atoms with Crippen LogP contribution < -0.4 is 0 Å². The summed E-state index contributed by atoms with van der Waals surface area (Å²) in [7, 11) is 5.53. The maximum atomic E-state index is 12.8. The molecule has 16 bridgehead atoms. The molecular weight excluding hydrogens is 1140 g/mol. The molecule has 0 saturated heterocycles. The van der Waals surface area contributed by atoms with Gasteiger partial charge in [0.25, 0.3) is 0 Å². The maximum Gasteiger partial charge on any atom is 0.305 e. The first-order valence-electron chi connectivity index (χ1n) is 30.5. The first kappa shape index (κ1) is 63.7. The van der Waals surface area contributed by atoms with Crippen molar-refractivity contribution in [2.24, 2.45) is 0 Å². The average Bonchev–Trinajstić information content (AvgIpc) is 1.66. The van der Waals surface area contributed by atoms with Gasteiger partial charge in [-0.3, -0.25) is 19.2 Å². The number of carbonyl (C=O) groups is 4.